The van der Waals surface area contributed by atoms with Gasteiger partial charge in [0.25, 0.3) is 11.7 Å². The average molecular weight is 488 g/mol. The third kappa shape index (κ3) is 4.28. The molecule has 1 aliphatic heterocycles. The van der Waals surface area contributed by atoms with E-state index >= 15 is 4.39 Å². The predicted octanol–water partition coefficient (Wildman–Crippen LogP) is 6.37. The fraction of sp³-hybridized carbons (Fsp3) is 0.267. The number of rotatable bonds is 4. The normalized spacial score (nSPS) is 17.5. The molecule has 1 fully saturated rings. The molecule has 3 aromatic rings. The smallest absolute Gasteiger partial charge is 0.300 e. The quantitative estimate of drug-likeness (QED) is 0.264. The van der Waals surface area contributed by atoms with Gasteiger partial charge in [0.1, 0.15) is 17.3 Å². The second kappa shape index (κ2) is 9.26. The van der Waals surface area contributed by atoms with Gasteiger partial charge >= 0.3 is 0 Å². The van der Waals surface area contributed by atoms with E-state index in [1.165, 1.54) is 30.2 Å². The standard InChI is InChI=1S/C30H30FNO4/c1-17-11-13-20(15-18(17)2)32-26(21-9-7-8-10-23(21)31)25(28(34)29(32)35)27(33)22-16-19(30(3,4)5)12-14-24(22)36-6/h7-16,26,33H,1-6H3/b27-25+. The second-order valence-corrected chi connectivity index (χ2v) is 10.1. The molecule has 1 heterocycles. The van der Waals surface area contributed by atoms with Gasteiger partial charge in [-0.05, 0) is 66.3 Å². The molecule has 0 radical (unpaired) electrons. The van der Waals surface area contributed by atoms with Crippen LogP contribution in [0, 0.1) is 19.7 Å². The minimum absolute atomic E-state index is 0.113. The van der Waals surface area contributed by atoms with Crippen molar-refractivity contribution in [3.63, 3.8) is 0 Å². The zero-order valence-electron chi connectivity index (χ0n) is 21.3. The Morgan fingerprint density at radius 3 is 2.28 bits per heavy atom. The predicted molar refractivity (Wildman–Crippen MR) is 139 cm³/mol. The number of hydrogen-bond donors (Lipinski definition) is 1. The van der Waals surface area contributed by atoms with E-state index in [1.54, 1.807) is 30.3 Å². The molecule has 186 valence electrons. The van der Waals surface area contributed by atoms with Gasteiger partial charge in [0, 0.05) is 11.3 Å². The summed E-state index contributed by atoms with van der Waals surface area (Å²) in [5.41, 5.74) is 3.22. The van der Waals surface area contributed by atoms with Crippen LogP contribution >= 0.6 is 0 Å². The Bertz CT molecular complexity index is 1400. The number of carbonyl (C=O) groups excluding carboxylic acids is 2. The van der Waals surface area contributed by atoms with Gasteiger partial charge in [-0.25, -0.2) is 4.39 Å². The first kappa shape index (κ1) is 25.2. The Hall–Kier alpha value is -3.93. The van der Waals surface area contributed by atoms with Crippen LogP contribution in [-0.2, 0) is 15.0 Å². The molecule has 6 heteroatoms. The zero-order chi connectivity index (χ0) is 26.4. The van der Waals surface area contributed by atoms with Gasteiger partial charge in [0.05, 0.1) is 24.3 Å². The number of anilines is 1. The van der Waals surface area contributed by atoms with Crippen molar-refractivity contribution in [2.45, 2.75) is 46.1 Å². The molecule has 36 heavy (non-hydrogen) atoms. The molecule has 1 atom stereocenters. The van der Waals surface area contributed by atoms with E-state index in [9.17, 15) is 14.7 Å². The van der Waals surface area contributed by atoms with E-state index in [-0.39, 0.29) is 22.1 Å². The van der Waals surface area contributed by atoms with Gasteiger partial charge in [-0.15, -0.1) is 0 Å². The average Bonchev–Trinajstić information content (AvgIpc) is 3.10. The van der Waals surface area contributed by atoms with Crippen molar-refractivity contribution in [1.82, 2.24) is 0 Å². The first-order valence-corrected chi connectivity index (χ1v) is 11.8. The monoisotopic (exact) mass is 487 g/mol. The van der Waals surface area contributed by atoms with Crippen molar-refractivity contribution < 1.29 is 23.8 Å². The Kier molecular flexibility index (Phi) is 6.48. The van der Waals surface area contributed by atoms with Gasteiger partial charge in [0.2, 0.25) is 0 Å². The van der Waals surface area contributed by atoms with Gasteiger partial charge < -0.3 is 9.84 Å². The molecule has 0 saturated carbocycles. The molecule has 1 amide bonds. The third-order valence-electron chi connectivity index (χ3n) is 6.73. The SMILES string of the molecule is COc1ccc(C(C)(C)C)cc1/C(O)=C1\C(=O)C(=O)N(c2ccc(C)c(C)c2)C1c1ccccc1F. The van der Waals surface area contributed by atoms with E-state index in [0.717, 1.165) is 16.7 Å². The van der Waals surface area contributed by atoms with Crippen LogP contribution in [0.3, 0.4) is 0 Å². The van der Waals surface area contributed by atoms with Crippen molar-refractivity contribution in [1.29, 1.82) is 0 Å². The number of amides is 1. The van der Waals surface area contributed by atoms with E-state index in [0.29, 0.717) is 11.4 Å². The summed E-state index contributed by atoms with van der Waals surface area (Å²) in [7, 11) is 1.46. The summed E-state index contributed by atoms with van der Waals surface area (Å²) in [6.45, 7) is 9.91. The Labute approximate surface area is 210 Å². The maximum atomic E-state index is 15.2. The molecule has 1 unspecified atom stereocenters. The fourth-order valence-electron chi connectivity index (χ4n) is 4.47. The number of hydrogen-bond acceptors (Lipinski definition) is 4. The van der Waals surface area contributed by atoms with Crippen LogP contribution in [0.15, 0.2) is 66.2 Å². The van der Waals surface area contributed by atoms with E-state index < -0.39 is 29.3 Å². The highest BCUT2D eigenvalue weighted by Gasteiger charge is 2.48. The minimum Gasteiger partial charge on any atom is -0.507 e. The lowest BCUT2D eigenvalue weighted by Crippen LogP contribution is -2.30. The third-order valence-corrected chi connectivity index (χ3v) is 6.73. The maximum absolute atomic E-state index is 15.2. The van der Waals surface area contributed by atoms with Gasteiger partial charge in [-0.2, -0.15) is 0 Å². The molecule has 4 rings (SSSR count). The number of methoxy groups -OCH3 is 1. The topological polar surface area (TPSA) is 66.8 Å². The van der Waals surface area contributed by atoms with Crippen LogP contribution in [0.25, 0.3) is 5.76 Å². The van der Waals surface area contributed by atoms with Crippen LogP contribution in [-0.4, -0.2) is 23.9 Å². The van der Waals surface area contributed by atoms with Crippen LogP contribution in [0.4, 0.5) is 10.1 Å². The lowest BCUT2D eigenvalue weighted by molar-refractivity contribution is -0.132. The van der Waals surface area contributed by atoms with Crippen molar-refractivity contribution in [3.8, 4) is 5.75 Å². The number of nitrogens with zero attached hydrogens (tertiary/aromatic N) is 1. The molecule has 0 spiro atoms. The van der Waals surface area contributed by atoms with E-state index in [4.69, 9.17) is 4.74 Å². The molecule has 0 bridgehead atoms. The zero-order valence-corrected chi connectivity index (χ0v) is 21.3. The summed E-state index contributed by atoms with van der Waals surface area (Å²) in [6.07, 6.45) is 0. The fourth-order valence-corrected chi connectivity index (χ4v) is 4.47. The number of aliphatic hydroxyl groups excluding tert-OH is 1. The lowest BCUT2D eigenvalue weighted by Gasteiger charge is -2.26. The number of ether oxygens (including phenoxy) is 1. The Morgan fingerprint density at radius 1 is 0.972 bits per heavy atom. The summed E-state index contributed by atoms with van der Waals surface area (Å²) < 4.78 is 20.6. The molecule has 3 aromatic carbocycles. The highest BCUT2D eigenvalue weighted by atomic mass is 19.1. The van der Waals surface area contributed by atoms with Crippen LogP contribution < -0.4 is 9.64 Å². The first-order chi connectivity index (χ1) is 17.0. The highest BCUT2D eigenvalue weighted by Crippen LogP contribution is 2.44. The highest BCUT2D eigenvalue weighted by molar-refractivity contribution is 6.51. The molecule has 0 aliphatic carbocycles. The van der Waals surface area contributed by atoms with E-state index in [1.807, 2.05) is 46.8 Å². The molecule has 0 aromatic heterocycles. The Morgan fingerprint density at radius 2 is 1.67 bits per heavy atom. The number of ketones is 1. The minimum atomic E-state index is -1.16. The van der Waals surface area contributed by atoms with Crippen molar-refractivity contribution in [2.24, 2.45) is 0 Å². The summed E-state index contributed by atoms with van der Waals surface area (Å²) >= 11 is 0. The maximum Gasteiger partial charge on any atom is 0.300 e. The molecule has 1 saturated heterocycles. The van der Waals surface area contributed by atoms with Gasteiger partial charge in [-0.1, -0.05) is 51.1 Å². The number of benzene rings is 3. The van der Waals surface area contributed by atoms with Gasteiger partial charge in [-0.3, -0.25) is 14.5 Å². The molecule has 1 N–H and O–H groups in total. The number of carbonyl (C=O) groups is 2. The number of Topliss-reactive ketones (excluding diaryl/α,β-unsaturated/α-hetero) is 1. The van der Waals surface area contributed by atoms with Crippen molar-refractivity contribution in [2.75, 3.05) is 12.0 Å². The molecular formula is C30H30FNO4. The summed E-state index contributed by atoms with van der Waals surface area (Å²) in [6, 6.07) is 15.5. The van der Waals surface area contributed by atoms with Gasteiger partial charge in [0.15, 0.2) is 0 Å². The van der Waals surface area contributed by atoms with Crippen LogP contribution in [0.1, 0.15) is 54.6 Å². The van der Waals surface area contributed by atoms with E-state index in [2.05, 4.69) is 0 Å². The second-order valence-electron chi connectivity index (χ2n) is 10.1. The summed E-state index contributed by atoms with van der Waals surface area (Å²) in [5, 5.41) is 11.6. The largest absolute Gasteiger partial charge is 0.507 e. The lowest BCUT2D eigenvalue weighted by atomic mass is 9.85. The number of aryl methyl sites for hydroxylation is 2. The molecule has 5 nitrogen and oxygen atoms in total. The first-order valence-electron chi connectivity index (χ1n) is 11.8. The van der Waals surface area contributed by atoms with Crippen LogP contribution in [0.2, 0.25) is 0 Å². The van der Waals surface area contributed by atoms with Crippen molar-refractivity contribution >= 4 is 23.1 Å². The molecular weight excluding hydrogens is 457 g/mol. The number of halogens is 1. The van der Waals surface area contributed by atoms with Crippen molar-refractivity contribution in [3.05, 3.63) is 99.9 Å². The summed E-state index contributed by atoms with van der Waals surface area (Å²) in [5.74, 6) is -2.37. The van der Waals surface area contributed by atoms with Crippen LogP contribution in [0.5, 0.6) is 5.75 Å². The summed E-state index contributed by atoms with van der Waals surface area (Å²) in [4.78, 5) is 28.1. The Balaban J connectivity index is 2.03. The molecule has 1 aliphatic rings. The number of aliphatic hydroxyl groups is 1.